The fourth-order valence-corrected chi connectivity index (χ4v) is 3.04. The molecule has 2 aromatic rings. The second-order valence-electron chi connectivity index (χ2n) is 4.14. The molecule has 0 fully saturated rings. The Morgan fingerprint density at radius 3 is 1.95 bits per heavy atom. The van der Waals surface area contributed by atoms with E-state index in [2.05, 4.69) is 0 Å². The zero-order chi connectivity index (χ0) is 15.3. The Hall–Kier alpha value is 0.320. The zero-order valence-electron chi connectivity index (χ0n) is 12.0. The normalized spacial score (nSPS) is 11.6. The molecule has 0 radical (unpaired) electrons. The van der Waals surface area contributed by atoms with Crippen molar-refractivity contribution in [3.8, 4) is 5.75 Å². The minimum absolute atomic E-state index is 0. The van der Waals surface area contributed by atoms with Crippen molar-refractivity contribution < 1.29 is 90.2 Å². The average Bonchev–Trinajstić information content (AvgIpc) is 2.30. The summed E-state index contributed by atoms with van der Waals surface area (Å²) in [6.45, 7) is 1.37. The first-order valence-electron chi connectivity index (χ1n) is 5.20. The van der Waals surface area contributed by atoms with E-state index >= 15 is 0 Å². The van der Waals surface area contributed by atoms with Crippen LogP contribution in [0.4, 0.5) is 0 Å². The number of benzene rings is 2. The van der Waals surface area contributed by atoms with Crippen molar-refractivity contribution in [3.05, 3.63) is 29.8 Å². The third-order valence-corrected chi connectivity index (χ3v) is 4.54. The number of aromatic hydroxyl groups is 1. The van der Waals surface area contributed by atoms with Gasteiger partial charge in [0, 0.05) is 0 Å². The Labute approximate surface area is 171 Å². The molecule has 0 aliphatic heterocycles. The van der Waals surface area contributed by atoms with Crippen LogP contribution in [0.2, 0.25) is 0 Å². The fraction of sp³-hybridized carbons (Fsp3) is 0.0909. The van der Waals surface area contributed by atoms with E-state index in [9.17, 15) is 31.0 Å². The number of hydrogen-bond donors (Lipinski definition) is 1. The maximum Gasteiger partial charge on any atom is 1.00 e. The van der Waals surface area contributed by atoms with Gasteiger partial charge in [0.25, 0.3) is 0 Å². The number of fused-ring (bicyclic) bond motifs is 1. The van der Waals surface area contributed by atoms with Gasteiger partial charge >= 0.3 is 59.1 Å². The second kappa shape index (κ2) is 7.47. The molecule has 0 saturated carbocycles. The number of phenols is 1. The molecule has 11 heteroatoms. The van der Waals surface area contributed by atoms with Gasteiger partial charge in [0.1, 0.15) is 26.0 Å². The molecule has 0 aliphatic carbocycles. The minimum atomic E-state index is -4.92. The van der Waals surface area contributed by atoms with Gasteiger partial charge in [-0.3, -0.25) is 0 Å². The summed E-state index contributed by atoms with van der Waals surface area (Å²) in [5, 5.41) is 10.1. The molecular weight excluding hydrogens is 354 g/mol. The number of rotatable bonds is 2. The summed E-state index contributed by atoms with van der Waals surface area (Å²) < 4.78 is 65.9. The summed E-state index contributed by atoms with van der Waals surface area (Å²) in [5.41, 5.74) is 0.103. The van der Waals surface area contributed by atoms with Gasteiger partial charge < -0.3 is 14.2 Å². The predicted molar refractivity (Wildman–Crippen MR) is 66.3 cm³/mol. The van der Waals surface area contributed by atoms with Crippen LogP contribution in [-0.4, -0.2) is 31.0 Å². The monoisotopic (exact) mass is 362 g/mol. The Bertz CT molecular complexity index is 921. The molecule has 0 aliphatic rings. The van der Waals surface area contributed by atoms with Crippen LogP contribution < -0.4 is 59.1 Å². The summed E-state index contributed by atoms with van der Waals surface area (Å²) in [6, 6.07) is 4.10. The van der Waals surface area contributed by atoms with E-state index in [1.54, 1.807) is 0 Å². The molecule has 2 aromatic carbocycles. The first kappa shape index (κ1) is 22.3. The summed E-state index contributed by atoms with van der Waals surface area (Å²) >= 11 is 0. The molecule has 0 unspecified atom stereocenters. The van der Waals surface area contributed by atoms with Crippen molar-refractivity contribution in [2.75, 3.05) is 0 Å². The van der Waals surface area contributed by atoms with E-state index in [0.717, 1.165) is 18.2 Å². The van der Waals surface area contributed by atoms with Gasteiger partial charge in [-0.2, -0.15) is 0 Å². The third-order valence-electron chi connectivity index (χ3n) is 2.86. The van der Waals surface area contributed by atoms with Crippen molar-refractivity contribution >= 4 is 31.0 Å². The molecule has 0 atom stereocenters. The summed E-state index contributed by atoms with van der Waals surface area (Å²) in [7, 11) is -9.63. The maximum absolute atomic E-state index is 11.0. The third kappa shape index (κ3) is 4.44. The van der Waals surface area contributed by atoms with Crippen LogP contribution in [0.1, 0.15) is 5.56 Å². The van der Waals surface area contributed by atoms with Gasteiger partial charge in [-0.25, -0.2) is 16.8 Å². The largest absolute Gasteiger partial charge is 1.00 e. The second-order valence-corrected chi connectivity index (χ2v) is 6.87. The van der Waals surface area contributed by atoms with Gasteiger partial charge in [0.15, 0.2) is 0 Å². The molecular formula is C11H8Na2O7S2. The number of aryl methyl sites for hydroxylation is 1. The van der Waals surface area contributed by atoms with Crippen molar-refractivity contribution in [2.45, 2.75) is 16.7 Å². The predicted octanol–water partition coefficient (Wildman–Crippen LogP) is -5.33. The van der Waals surface area contributed by atoms with E-state index in [1.165, 1.54) is 13.0 Å². The van der Waals surface area contributed by atoms with Gasteiger partial charge in [0.2, 0.25) is 0 Å². The van der Waals surface area contributed by atoms with E-state index in [1.807, 2.05) is 0 Å². The van der Waals surface area contributed by atoms with Crippen LogP contribution in [0.25, 0.3) is 10.8 Å². The molecule has 0 spiro atoms. The topological polar surface area (TPSA) is 135 Å². The molecule has 0 heterocycles. The van der Waals surface area contributed by atoms with Gasteiger partial charge in [-0.15, -0.1) is 0 Å². The average molecular weight is 362 g/mol. The quantitative estimate of drug-likeness (QED) is 0.416. The fourth-order valence-electron chi connectivity index (χ4n) is 1.87. The molecule has 22 heavy (non-hydrogen) atoms. The maximum atomic E-state index is 11.0. The Balaban J connectivity index is 0.00000220. The Morgan fingerprint density at radius 2 is 1.50 bits per heavy atom. The van der Waals surface area contributed by atoms with Crippen molar-refractivity contribution in [2.24, 2.45) is 0 Å². The zero-order valence-corrected chi connectivity index (χ0v) is 17.7. The summed E-state index contributed by atoms with van der Waals surface area (Å²) in [6.07, 6.45) is 0. The first-order chi connectivity index (χ1) is 9.01. The van der Waals surface area contributed by atoms with E-state index in [-0.39, 0.29) is 70.1 Å². The molecule has 0 saturated heterocycles. The van der Waals surface area contributed by atoms with Gasteiger partial charge in [-0.05, 0) is 41.5 Å². The first-order valence-corrected chi connectivity index (χ1v) is 8.01. The van der Waals surface area contributed by atoms with Crippen molar-refractivity contribution in [1.82, 2.24) is 0 Å². The summed E-state index contributed by atoms with van der Waals surface area (Å²) in [4.78, 5) is -1.41. The van der Waals surface area contributed by atoms with E-state index in [0.29, 0.717) is 5.39 Å². The van der Waals surface area contributed by atoms with Crippen LogP contribution >= 0.6 is 0 Å². The van der Waals surface area contributed by atoms with E-state index in [4.69, 9.17) is 0 Å². The number of hydrogen-bond acceptors (Lipinski definition) is 7. The molecule has 2 rings (SSSR count). The van der Waals surface area contributed by atoms with Gasteiger partial charge in [-0.1, -0.05) is 6.07 Å². The van der Waals surface area contributed by atoms with E-state index < -0.39 is 35.8 Å². The van der Waals surface area contributed by atoms with Crippen LogP contribution in [0.5, 0.6) is 5.75 Å². The smallest absolute Gasteiger partial charge is 0.744 e. The molecule has 0 bridgehead atoms. The van der Waals surface area contributed by atoms with Crippen LogP contribution in [0.15, 0.2) is 34.1 Å². The molecule has 7 nitrogen and oxygen atoms in total. The van der Waals surface area contributed by atoms with Crippen LogP contribution in [-0.2, 0) is 20.2 Å². The standard InChI is InChI=1S/C11H10O7S2.2Na/c1-6-9-3-2-8(19(13,14)15)4-7(9)5-10(11(6)12)20(16,17)18;;/h2-5,12H,1H3,(H,13,14,15)(H,16,17,18);;/q;2*+1/p-2. The SMILES string of the molecule is Cc1c(O)c(S(=O)(=O)[O-])cc2cc(S(=O)(=O)[O-])ccc12.[Na+].[Na+]. The van der Waals surface area contributed by atoms with Crippen molar-refractivity contribution in [3.63, 3.8) is 0 Å². The molecule has 0 aromatic heterocycles. The van der Waals surface area contributed by atoms with Crippen LogP contribution in [0, 0.1) is 6.92 Å². The Kier molecular flexibility index (Phi) is 7.58. The molecule has 1 N–H and O–H groups in total. The van der Waals surface area contributed by atoms with Gasteiger partial charge in [0.05, 0.1) is 9.79 Å². The molecule has 108 valence electrons. The minimum Gasteiger partial charge on any atom is -0.744 e. The summed E-state index contributed by atoms with van der Waals surface area (Å²) in [5.74, 6) is -0.690. The van der Waals surface area contributed by atoms with Crippen molar-refractivity contribution in [1.29, 1.82) is 0 Å². The number of phenolic OH excluding ortho intramolecular Hbond substituents is 1. The Morgan fingerprint density at radius 1 is 0.955 bits per heavy atom. The molecule has 0 amide bonds. The van der Waals surface area contributed by atoms with Crippen LogP contribution in [0.3, 0.4) is 0 Å².